The summed E-state index contributed by atoms with van der Waals surface area (Å²) in [7, 11) is -3.03. The predicted octanol–water partition coefficient (Wildman–Crippen LogP) is 5.63. The number of halogens is 4. The molecule has 0 saturated carbocycles. The van der Waals surface area contributed by atoms with E-state index in [1.54, 1.807) is 0 Å². The topological polar surface area (TPSA) is 81.2 Å². The van der Waals surface area contributed by atoms with Gasteiger partial charge in [-0.25, -0.2) is 22.8 Å². The van der Waals surface area contributed by atoms with E-state index in [-0.39, 0.29) is 26.9 Å². The zero-order chi connectivity index (χ0) is 24.0. The number of anilines is 1. The average Bonchev–Trinajstić information content (AvgIpc) is 3.10. The van der Waals surface area contributed by atoms with E-state index in [0.29, 0.717) is 10.1 Å². The number of aromatic nitrogens is 2. The highest BCUT2D eigenvalue weighted by atomic mass is 32.2. The van der Waals surface area contributed by atoms with Crippen LogP contribution in [0.2, 0.25) is 0 Å². The van der Waals surface area contributed by atoms with E-state index in [2.05, 4.69) is 9.97 Å². The fourth-order valence-electron chi connectivity index (χ4n) is 3.24. The third kappa shape index (κ3) is 4.48. The van der Waals surface area contributed by atoms with Gasteiger partial charge in [0.2, 0.25) is 0 Å². The number of hydrogen-bond acceptors (Lipinski definition) is 6. The monoisotopic (exact) mass is 497 g/mol. The summed E-state index contributed by atoms with van der Waals surface area (Å²) in [5.41, 5.74) is -1.13. The molecule has 0 saturated heterocycles. The van der Waals surface area contributed by atoms with Crippen molar-refractivity contribution in [1.82, 2.24) is 9.97 Å². The summed E-state index contributed by atoms with van der Waals surface area (Å²) in [4.78, 5) is 7.74. The van der Waals surface area contributed by atoms with Crippen LogP contribution < -0.4 is 9.46 Å². The Morgan fingerprint density at radius 3 is 2.36 bits per heavy atom. The summed E-state index contributed by atoms with van der Waals surface area (Å²) in [6.07, 6.45) is -2.25. The normalized spacial score (nSPS) is 12.2. The lowest BCUT2D eigenvalue weighted by molar-refractivity contribution is -0.136. The van der Waals surface area contributed by atoms with Crippen molar-refractivity contribution >= 4 is 37.1 Å². The van der Waals surface area contributed by atoms with Gasteiger partial charge in [0.15, 0.2) is 0 Å². The summed E-state index contributed by atoms with van der Waals surface area (Å²) < 4.78 is 88.2. The highest BCUT2D eigenvalue weighted by molar-refractivity contribution is 7.94. The van der Waals surface area contributed by atoms with Crippen LogP contribution in [0.4, 0.5) is 23.2 Å². The minimum Gasteiger partial charge on any atom is -0.467 e. The van der Waals surface area contributed by atoms with Crippen LogP contribution in [0.25, 0.3) is 21.2 Å². The van der Waals surface area contributed by atoms with Crippen LogP contribution >= 0.6 is 11.3 Å². The van der Waals surface area contributed by atoms with E-state index < -0.39 is 33.3 Å². The number of ether oxygens (including phenoxy) is 1. The molecule has 0 aliphatic carbocycles. The Morgan fingerprint density at radius 1 is 1.03 bits per heavy atom. The molecule has 0 fully saturated rings. The first-order valence-corrected chi connectivity index (χ1v) is 11.6. The van der Waals surface area contributed by atoms with E-state index in [9.17, 15) is 26.0 Å². The van der Waals surface area contributed by atoms with Gasteiger partial charge in [-0.15, -0.1) is 11.3 Å². The second kappa shape index (κ2) is 8.27. The van der Waals surface area contributed by atoms with Crippen molar-refractivity contribution in [1.29, 1.82) is 0 Å². The minimum absolute atomic E-state index is 0.0535. The van der Waals surface area contributed by atoms with Crippen LogP contribution in [0, 0.1) is 12.7 Å². The van der Waals surface area contributed by atoms with Gasteiger partial charge in [0, 0.05) is 22.7 Å². The number of aryl methyl sites for hydroxylation is 1. The maximum atomic E-state index is 13.8. The number of benzene rings is 2. The Morgan fingerprint density at radius 2 is 1.73 bits per heavy atom. The Labute approximate surface area is 189 Å². The molecule has 2 aromatic carbocycles. The van der Waals surface area contributed by atoms with Crippen LogP contribution in [-0.4, -0.2) is 25.5 Å². The van der Waals surface area contributed by atoms with Gasteiger partial charge in [0.05, 0.1) is 18.4 Å². The fourth-order valence-corrected chi connectivity index (χ4v) is 6.06. The minimum atomic E-state index is -4.85. The maximum Gasteiger partial charge on any atom is 0.418 e. The van der Waals surface area contributed by atoms with Crippen molar-refractivity contribution in [2.24, 2.45) is 0 Å². The summed E-state index contributed by atoms with van der Waals surface area (Å²) in [6.45, 7) is 1.48. The maximum absolute atomic E-state index is 13.8. The van der Waals surface area contributed by atoms with E-state index in [4.69, 9.17) is 4.74 Å². The standard InChI is InChI=1S/C21H15F4N3O3S2/c1-11-15-8-14(22)4-6-18(15)32-19(11)33(29,30)28-17-5-3-12(7-16(17)21(23,24)25)13-9-26-20(31-2)27-10-13/h3-10,28H,1-2H3. The van der Waals surface area contributed by atoms with Crippen molar-refractivity contribution in [3.8, 4) is 17.1 Å². The van der Waals surface area contributed by atoms with Crippen molar-refractivity contribution in [3.05, 3.63) is 65.7 Å². The lowest BCUT2D eigenvalue weighted by atomic mass is 10.0. The van der Waals surface area contributed by atoms with Crippen molar-refractivity contribution in [2.75, 3.05) is 11.8 Å². The molecule has 172 valence electrons. The van der Waals surface area contributed by atoms with E-state index >= 15 is 0 Å². The van der Waals surface area contributed by atoms with Gasteiger partial charge >= 0.3 is 12.2 Å². The van der Waals surface area contributed by atoms with E-state index in [0.717, 1.165) is 23.5 Å². The number of thiophene rings is 1. The first kappa shape index (κ1) is 22.9. The van der Waals surface area contributed by atoms with Crippen LogP contribution in [0.1, 0.15) is 11.1 Å². The zero-order valence-electron chi connectivity index (χ0n) is 17.1. The molecule has 0 amide bonds. The highest BCUT2D eigenvalue weighted by Crippen LogP contribution is 2.40. The number of fused-ring (bicyclic) bond motifs is 1. The van der Waals surface area contributed by atoms with Crippen molar-refractivity contribution < 1.29 is 30.7 Å². The van der Waals surface area contributed by atoms with Gasteiger partial charge in [0.1, 0.15) is 10.0 Å². The molecule has 0 atom stereocenters. The molecule has 0 spiro atoms. The van der Waals surface area contributed by atoms with Gasteiger partial charge < -0.3 is 4.74 Å². The van der Waals surface area contributed by atoms with Crippen molar-refractivity contribution in [2.45, 2.75) is 17.3 Å². The molecule has 2 heterocycles. The molecular formula is C21H15F4N3O3S2. The summed E-state index contributed by atoms with van der Waals surface area (Å²) in [6, 6.07) is 7.02. The number of hydrogen-bond donors (Lipinski definition) is 1. The van der Waals surface area contributed by atoms with Crippen LogP contribution in [0.3, 0.4) is 0 Å². The Hall–Kier alpha value is -3.25. The highest BCUT2D eigenvalue weighted by Gasteiger charge is 2.35. The van der Waals surface area contributed by atoms with Gasteiger partial charge in [-0.2, -0.15) is 13.2 Å². The molecule has 0 radical (unpaired) electrons. The molecule has 0 aliphatic heterocycles. The first-order valence-electron chi connectivity index (χ1n) is 9.29. The third-order valence-corrected chi connectivity index (χ3v) is 8.07. The Bertz CT molecular complexity index is 1450. The Balaban J connectivity index is 1.76. The lowest BCUT2D eigenvalue weighted by Gasteiger charge is -2.16. The van der Waals surface area contributed by atoms with Gasteiger partial charge in [0.25, 0.3) is 10.0 Å². The molecule has 0 bridgehead atoms. The van der Waals surface area contributed by atoms with Gasteiger partial charge in [-0.05, 0) is 53.8 Å². The molecule has 0 aliphatic rings. The molecule has 6 nitrogen and oxygen atoms in total. The predicted molar refractivity (Wildman–Crippen MR) is 116 cm³/mol. The fraction of sp³-hybridized carbons (Fsp3) is 0.143. The lowest BCUT2D eigenvalue weighted by Crippen LogP contribution is -2.17. The zero-order valence-corrected chi connectivity index (χ0v) is 18.7. The molecule has 4 aromatic rings. The van der Waals surface area contributed by atoms with E-state index in [1.807, 2.05) is 4.72 Å². The summed E-state index contributed by atoms with van der Waals surface area (Å²) in [5.74, 6) is -0.544. The smallest absolute Gasteiger partial charge is 0.418 e. The van der Waals surface area contributed by atoms with Crippen LogP contribution in [0.5, 0.6) is 6.01 Å². The summed E-state index contributed by atoms with van der Waals surface area (Å²) in [5, 5.41) is 0.381. The molecule has 2 aromatic heterocycles. The number of alkyl halides is 3. The van der Waals surface area contributed by atoms with Gasteiger partial charge in [-0.1, -0.05) is 6.07 Å². The second-order valence-electron chi connectivity index (χ2n) is 6.98. The molecule has 33 heavy (non-hydrogen) atoms. The van der Waals surface area contributed by atoms with E-state index in [1.165, 1.54) is 50.7 Å². The van der Waals surface area contributed by atoms with Crippen LogP contribution in [-0.2, 0) is 16.2 Å². The van der Waals surface area contributed by atoms with Crippen LogP contribution in [0.15, 0.2) is 53.0 Å². The average molecular weight is 497 g/mol. The largest absolute Gasteiger partial charge is 0.467 e. The molecular weight excluding hydrogens is 482 g/mol. The Kier molecular flexibility index (Phi) is 5.74. The van der Waals surface area contributed by atoms with Gasteiger partial charge in [-0.3, -0.25) is 4.72 Å². The molecule has 1 N–H and O–H groups in total. The number of nitrogens with zero attached hydrogens (tertiary/aromatic N) is 2. The quantitative estimate of drug-likeness (QED) is 0.361. The summed E-state index contributed by atoms with van der Waals surface area (Å²) >= 11 is 0.849. The number of sulfonamides is 1. The number of nitrogens with one attached hydrogen (secondary N) is 1. The third-order valence-electron chi connectivity index (χ3n) is 4.81. The first-order chi connectivity index (χ1) is 15.5. The molecule has 4 rings (SSSR count). The SMILES string of the molecule is COc1ncc(-c2ccc(NS(=O)(=O)c3sc4ccc(F)cc4c3C)c(C(F)(F)F)c2)cn1. The second-order valence-corrected chi connectivity index (χ2v) is 9.91. The number of methoxy groups -OCH3 is 1. The van der Waals surface area contributed by atoms with Crippen molar-refractivity contribution in [3.63, 3.8) is 0 Å². The number of rotatable bonds is 5. The molecule has 0 unspecified atom stereocenters. The molecule has 12 heteroatoms.